The SMILES string of the molecule is CNC(=O)c1cccc(NC(=O)/C=C/c2cc(OC)c3c(c2)OCCO3)c1C. The summed E-state index contributed by atoms with van der Waals surface area (Å²) in [4.78, 5) is 24.2. The van der Waals surface area contributed by atoms with Gasteiger partial charge in [-0.25, -0.2) is 0 Å². The predicted octanol–water partition coefficient (Wildman–Crippen LogP) is 2.79. The quantitative estimate of drug-likeness (QED) is 0.777. The van der Waals surface area contributed by atoms with E-state index in [9.17, 15) is 9.59 Å². The van der Waals surface area contributed by atoms with Crippen molar-refractivity contribution in [2.75, 3.05) is 32.7 Å². The zero-order chi connectivity index (χ0) is 20.1. The summed E-state index contributed by atoms with van der Waals surface area (Å²) in [5.74, 6) is 1.18. The molecule has 0 unspecified atom stereocenters. The molecule has 0 radical (unpaired) electrons. The third kappa shape index (κ3) is 4.09. The first-order valence-electron chi connectivity index (χ1n) is 8.82. The Morgan fingerprint density at radius 2 is 1.96 bits per heavy atom. The molecule has 3 rings (SSSR count). The smallest absolute Gasteiger partial charge is 0.251 e. The second-order valence-corrected chi connectivity index (χ2v) is 6.13. The Kier molecular flexibility index (Phi) is 5.84. The minimum absolute atomic E-state index is 0.201. The lowest BCUT2D eigenvalue weighted by atomic mass is 10.1. The number of rotatable bonds is 5. The number of fused-ring (bicyclic) bond motifs is 1. The number of amides is 2. The molecule has 0 spiro atoms. The monoisotopic (exact) mass is 382 g/mol. The van der Waals surface area contributed by atoms with Gasteiger partial charge in [-0.3, -0.25) is 9.59 Å². The molecule has 2 aromatic rings. The van der Waals surface area contributed by atoms with Crippen molar-refractivity contribution in [3.8, 4) is 17.2 Å². The van der Waals surface area contributed by atoms with Gasteiger partial charge in [-0.15, -0.1) is 0 Å². The molecule has 1 aliphatic rings. The van der Waals surface area contributed by atoms with Crippen LogP contribution in [-0.4, -0.2) is 39.2 Å². The van der Waals surface area contributed by atoms with Crippen molar-refractivity contribution in [2.45, 2.75) is 6.92 Å². The van der Waals surface area contributed by atoms with Crippen molar-refractivity contribution in [2.24, 2.45) is 0 Å². The van der Waals surface area contributed by atoms with Gasteiger partial charge < -0.3 is 24.8 Å². The molecular weight excluding hydrogens is 360 g/mol. The number of ether oxygens (including phenoxy) is 3. The summed E-state index contributed by atoms with van der Waals surface area (Å²) in [6, 6.07) is 8.75. The lowest BCUT2D eigenvalue weighted by Gasteiger charge is -2.20. The van der Waals surface area contributed by atoms with Crippen LogP contribution < -0.4 is 24.8 Å². The Bertz CT molecular complexity index is 919. The van der Waals surface area contributed by atoms with E-state index in [4.69, 9.17) is 14.2 Å². The maximum atomic E-state index is 12.3. The van der Waals surface area contributed by atoms with Crippen LogP contribution in [0.5, 0.6) is 17.2 Å². The summed E-state index contributed by atoms with van der Waals surface area (Å²) in [5, 5.41) is 5.38. The molecule has 2 N–H and O–H groups in total. The molecule has 1 heterocycles. The second kappa shape index (κ2) is 8.47. The highest BCUT2D eigenvalue weighted by Gasteiger charge is 2.18. The Morgan fingerprint density at radius 1 is 1.18 bits per heavy atom. The van der Waals surface area contributed by atoms with E-state index in [0.29, 0.717) is 47.3 Å². The average Bonchev–Trinajstić information content (AvgIpc) is 2.72. The summed E-state index contributed by atoms with van der Waals surface area (Å²) >= 11 is 0. The molecular formula is C21H22N2O5. The summed E-state index contributed by atoms with van der Waals surface area (Å²) in [5.41, 5.74) is 2.54. The van der Waals surface area contributed by atoms with Crippen LogP contribution in [0.25, 0.3) is 6.08 Å². The van der Waals surface area contributed by atoms with Crippen LogP contribution >= 0.6 is 0 Å². The van der Waals surface area contributed by atoms with Crippen molar-refractivity contribution < 1.29 is 23.8 Å². The second-order valence-electron chi connectivity index (χ2n) is 6.13. The highest BCUT2D eigenvalue weighted by Crippen LogP contribution is 2.40. The Labute approximate surface area is 163 Å². The number of methoxy groups -OCH3 is 1. The van der Waals surface area contributed by atoms with Crippen LogP contribution in [0, 0.1) is 6.92 Å². The van der Waals surface area contributed by atoms with Crippen molar-refractivity contribution in [1.29, 1.82) is 0 Å². The van der Waals surface area contributed by atoms with E-state index in [-0.39, 0.29) is 11.8 Å². The molecule has 7 heteroatoms. The Hall–Kier alpha value is -3.48. The molecule has 0 aliphatic carbocycles. The van der Waals surface area contributed by atoms with E-state index < -0.39 is 0 Å². The minimum Gasteiger partial charge on any atom is -0.493 e. The highest BCUT2D eigenvalue weighted by atomic mass is 16.6. The fourth-order valence-electron chi connectivity index (χ4n) is 2.89. The summed E-state index contributed by atoms with van der Waals surface area (Å²) < 4.78 is 16.5. The number of benzene rings is 2. The van der Waals surface area contributed by atoms with Crippen LogP contribution in [0.2, 0.25) is 0 Å². The average molecular weight is 382 g/mol. The third-order valence-corrected chi connectivity index (χ3v) is 4.34. The van der Waals surface area contributed by atoms with E-state index in [0.717, 1.165) is 5.56 Å². The Balaban J connectivity index is 1.77. The molecule has 0 fully saturated rings. The van der Waals surface area contributed by atoms with E-state index in [1.165, 1.54) is 6.08 Å². The predicted molar refractivity (Wildman–Crippen MR) is 106 cm³/mol. The van der Waals surface area contributed by atoms with Crippen LogP contribution in [0.3, 0.4) is 0 Å². The summed E-state index contributed by atoms with van der Waals surface area (Å²) in [7, 11) is 3.12. The molecule has 0 bridgehead atoms. The zero-order valence-electron chi connectivity index (χ0n) is 16.0. The van der Waals surface area contributed by atoms with E-state index in [2.05, 4.69) is 10.6 Å². The number of hydrogen-bond acceptors (Lipinski definition) is 5. The first-order valence-corrected chi connectivity index (χ1v) is 8.82. The summed E-state index contributed by atoms with van der Waals surface area (Å²) in [6.45, 7) is 2.72. The molecule has 2 aromatic carbocycles. The van der Waals surface area contributed by atoms with Gasteiger partial charge >= 0.3 is 0 Å². The normalized spacial score (nSPS) is 12.5. The van der Waals surface area contributed by atoms with Crippen LogP contribution in [0.1, 0.15) is 21.5 Å². The Morgan fingerprint density at radius 3 is 2.71 bits per heavy atom. The largest absolute Gasteiger partial charge is 0.493 e. The first kappa shape index (κ1) is 19.3. The molecule has 1 aliphatic heterocycles. The van der Waals surface area contributed by atoms with E-state index in [1.54, 1.807) is 57.5 Å². The number of anilines is 1. The minimum atomic E-state index is -0.314. The molecule has 2 amide bonds. The molecule has 0 saturated heterocycles. The highest BCUT2D eigenvalue weighted by molar-refractivity contribution is 6.04. The van der Waals surface area contributed by atoms with Gasteiger partial charge in [-0.1, -0.05) is 6.07 Å². The van der Waals surface area contributed by atoms with Gasteiger partial charge in [0.1, 0.15) is 13.2 Å². The van der Waals surface area contributed by atoms with Gasteiger partial charge in [0, 0.05) is 24.4 Å². The number of carbonyl (C=O) groups is 2. The lowest BCUT2D eigenvalue weighted by Crippen LogP contribution is -2.20. The summed E-state index contributed by atoms with van der Waals surface area (Å²) in [6.07, 6.45) is 3.07. The first-order chi connectivity index (χ1) is 13.5. The van der Waals surface area contributed by atoms with Crippen molar-refractivity contribution in [1.82, 2.24) is 5.32 Å². The molecule has 7 nitrogen and oxygen atoms in total. The molecule has 28 heavy (non-hydrogen) atoms. The van der Waals surface area contributed by atoms with Crippen LogP contribution in [0.15, 0.2) is 36.4 Å². The van der Waals surface area contributed by atoms with E-state index in [1.807, 2.05) is 0 Å². The maximum Gasteiger partial charge on any atom is 0.251 e. The number of hydrogen-bond donors (Lipinski definition) is 2. The van der Waals surface area contributed by atoms with Crippen molar-refractivity contribution in [3.63, 3.8) is 0 Å². The fraction of sp³-hybridized carbons (Fsp3) is 0.238. The van der Waals surface area contributed by atoms with Crippen LogP contribution in [-0.2, 0) is 4.79 Å². The van der Waals surface area contributed by atoms with Gasteiger partial charge in [0.05, 0.1) is 7.11 Å². The third-order valence-electron chi connectivity index (χ3n) is 4.34. The molecule has 0 saturated carbocycles. The lowest BCUT2D eigenvalue weighted by molar-refractivity contribution is -0.111. The standard InChI is InChI=1S/C21H22N2O5/c1-13-15(21(25)22-2)5-4-6-16(13)23-19(24)8-7-14-11-17(26-3)20-18(12-14)27-9-10-28-20/h4-8,11-12H,9-10H2,1-3H3,(H,22,25)(H,23,24)/b8-7+. The van der Waals surface area contributed by atoms with Gasteiger partial charge in [0.15, 0.2) is 11.5 Å². The molecule has 0 atom stereocenters. The molecule has 0 aromatic heterocycles. The topological polar surface area (TPSA) is 85.9 Å². The van der Waals surface area contributed by atoms with E-state index >= 15 is 0 Å². The molecule has 146 valence electrons. The van der Waals surface area contributed by atoms with Gasteiger partial charge in [-0.2, -0.15) is 0 Å². The van der Waals surface area contributed by atoms with Gasteiger partial charge in [0.2, 0.25) is 11.7 Å². The van der Waals surface area contributed by atoms with Gasteiger partial charge in [-0.05, 0) is 48.4 Å². The number of carbonyl (C=O) groups excluding carboxylic acids is 2. The van der Waals surface area contributed by atoms with Crippen LogP contribution in [0.4, 0.5) is 5.69 Å². The zero-order valence-corrected chi connectivity index (χ0v) is 16.0. The van der Waals surface area contributed by atoms with Crippen molar-refractivity contribution >= 4 is 23.6 Å². The fourth-order valence-corrected chi connectivity index (χ4v) is 2.89. The van der Waals surface area contributed by atoms with Crippen molar-refractivity contribution in [3.05, 3.63) is 53.1 Å². The number of nitrogens with one attached hydrogen (secondary N) is 2. The maximum absolute atomic E-state index is 12.3. The van der Waals surface area contributed by atoms with Gasteiger partial charge in [0.25, 0.3) is 5.91 Å².